The standard InChI is InChI=1S/C15H19BrFN/c16-14-10-12(17)8-9-13(14)15(18)11-6-4-2-1-3-5-7-11/h6,8-10,15H,1-5,7,18H2/b11-6+. The van der Waals surface area contributed by atoms with Gasteiger partial charge in [0.25, 0.3) is 0 Å². The van der Waals surface area contributed by atoms with Gasteiger partial charge in [-0.25, -0.2) is 4.39 Å². The summed E-state index contributed by atoms with van der Waals surface area (Å²) in [6.45, 7) is 0. The lowest BCUT2D eigenvalue weighted by Crippen LogP contribution is -2.15. The molecular weight excluding hydrogens is 293 g/mol. The van der Waals surface area contributed by atoms with E-state index in [0.29, 0.717) is 0 Å². The van der Waals surface area contributed by atoms with Crippen molar-refractivity contribution in [3.8, 4) is 0 Å². The molecular formula is C15H19BrFN. The molecule has 2 rings (SSSR count). The fraction of sp³-hybridized carbons (Fsp3) is 0.467. The summed E-state index contributed by atoms with van der Waals surface area (Å²) >= 11 is 3.40. The molecule has 1 nitrogen and oxygen atoms in total. The molecule has 0 heterocycles. The lowest BCUT2D eigenvalue weighted by Gasteiger charge is -2.20. The first-order valence-electron chi connectivity index (χ1n) is 6.58. The number of rotatable bonds is 2. The van der Waals surface area contributed by atoms with Crippen molar-refractivity contribution in [1.29, 1.82) is 0 Å². The molecule has 0 saturated heterocycles. The van der Waals surface area contributed by atoms with Crippen LogP contribution in [-0.2, 0) is 0 Å². The molecule has 0 radical (unpaired) electrons. The number of halogens is 2. The molecule has 3 heteroatoms. The van der Waals surface area contributed by atoms with Crippen molar-refractivity contribution >= 4 is 15.9 Å². The van der Waals surface area contributed by atoms with Gasteiger partial charge in [-0.15, -0.1) is 0 Å². The van der Waals surface area contributed by atoms with Crippen LogP contribution in [0.25, 0.3) is 0 Å². The first-order valence-corrected chi connectivity index (χ1v) is 7.37. The Bertz CT molecular complexity index is 442. The van der Waals surface area contributed by atoms with Gasteiger partial charge in [-0.2, -0.15) is 0 Å². The summed E-state index contributed by atoms with van der Waals surface area (Å²) in [5, 5.41) is 0. The third-order valence-corrected chi connectivity index (χ3v) is 4.21. The van der Waals surface area contributed by atoms with Crippen LogP contribution in [0, 0.1) is 5.82 Å². The Morgan fingerprint density at radius 1 is 1.17 bits per heavy atom. The van der Waals surface area contributed by atoms with E-state index in [-0.39, 0.29) is 11.9 Å². The Kier molecular flexibility index (Phi) is 4.95. The molecule has 1 aromatic carbocycles. The summed E-state index contributed by atoms with van der Waals surface area (Å²) in [5.41, 5.74) is 8.59. The zero-order valence-electron chi connectivity index (χ0n) is 10.5. The maximum absolute atomic E-state index is 13.1. The smallest absolute Gasteiger partial charge is 0.124 e. The highest BCUT2D eigenvalue weighted by Crippen LogP contribution is 2.31. The van der Waals surface area contributed by atoms with Crippen LogP contribution in [0.1, 0.15) is 50.1 Å². The molecule has 1 aliphatic carbocycles. The second-order valence-corrected chi connectivity index (χ2v) is 5.73. The first kappa shape index (κ1) is 13.8. The second-order valence-electron chi connectivity index (χ2n) is 4.88. The van der Waals surface area contributed by atoms with E-state index < -0.39 is 0 Å². The van der Waals surface area contributed by atoms with Crippen molar-refractivity contribution in [2.24, 2.45) is 5.73 Å². The van der Waals surface area contributed by atoms with Crippen LogP contribution in [-0.4, -0.2) is 0 Å². The van der Waals surface area contributed by atoms with Crippen molar-refractivity contribution in [3.63, 3.8) is 0 Å². The lowest BCUT2D eigenvalue weighted by molar-refractivity contribution is 0.600. The van der Waals surface area contributed by atoms with Gasteiger partial charge in [-0.05, 0) is 43.4 Å². The van der Waals surface area contributed by atoms with E-state index in [9.17, 15) is 4.39 Å². The van der Waals surface area contributed by atoms with Gasteiger partial charge >= 0.3 is 0 Å². The van der Waals surface area contributed by atoms with Crippen LogP contribution in [0.4, 0.5) is 4.39 Å². The first-order chi connectivity index (χ1) is 8.68. The lowest BCUT2D eigenvalue weighted by atomic mass is 9.91. The number of allylic oxidation sites excluding steroid dienone is 1. The van der Waals surface area contributed by atoms with Crippen LogP contribution >= 0.6 is 15.9 Å². The molecule has 1 aliphatic rings. The molecule has 98 valence electrons. The van der Waals surface area contributed by atoms with Crippen LogP contribution in [0.2, 0.25) is 0 Å². The minimum Gasteiger partial charge on any atom is -0.321 e. The highest BCUT2D eigenvalue weighted by molar-refractivity contribution is 9.10. The van der Waals surface area contributed by atoms with E-state index in [4.69, 9.17) is 5.73 Å². The molecule has 0 saturated carbocycles. The summed E-state index contributed by atoms with van der Waals surface area (Å²) in [7, 11) is 0. The van der Waals surface area contributed by atoms with Gasteiger partial charge in [0.15, 0.2) is 0 Å². The van der Waals surface area contributed by atoms with Crippen molar-refractivity contribution < 1.29 is 4.39 Å². The summed E-state index contributed by atoms with van der Waals surface area (Å²) in [4.78, 5) is 0. The van der Waals surface area contributed by atoms with Crippen molar-refractivity contribution in [2.45, 2.75) is 44.6 Å². The van der Waals surface area contributed by atoms with Crippen LogP contribution in [0.15, 0.2) is 34.3 Å². The molecule has 1 aromatic rings. The maximum atomic E-state index is 13.1. The largest absolute Gasteiger partial charge is 0.321 e. The van der Waals surface area contributed by atoms with Crippen LogP contribution < -0.4 is 5.73 Å². The topological polar surface area (TPSA) is 26.0 Å². The SMILES string of the molecule is NC(/C1=C/CCCCCC1)c1ccc(F)cc1Br. The number of hydrogen-bond donors (Lipinski definition) is 1. The Morgan fingerprint density at radius 3 is 2.72 bits per heavy atom. The zero-order chi connectivity index (χ0) is 13.0. The van der Waals surface area contributed by atoms with Crippen molar-refractivity contribution in [3.05, 3.63) is 45.7 Å². The average Bonchev–Trinajstić information content (AvgIpc) is 2.27. The van der Waals surface area contributed by atoms with Crippen molar-refractivity contribution in [1.82, 2.24) is 0 Å². The van der Waals surface area contributed by atoms with E-state index in [1.807, 2.05) is 0 Å². The van der Waals surface area contributed by atoms with E-state index in [1.165, 1.54) is 43.4 Å². The Hall–Kier alpha value is -0.670. The molecule has 0 spiro atoms. The zero-order valence-corrected chi connectivity index (χ0v) is 12.0. The van der Waals surface area contributed by atoms with E-state index >= 15 is 0 Å². The number of hydrogen-bond acceptors (Lipinski definition) is 1. The Morgan fingerprint density at radius 2 is 1.94 bits per heavy atom. The highest BCUT2D eigenvalue weighted by Gasteiger charge is 2.15. The maximum Gasteiger partial charge on any atom is 0.124 e. The van der Waals surface area contributed by atoms with Gasteiger partial charge in [-0.1, -0.05) is 46.5 Å². The molecule has 1 atom stereocenters. The summed E-state index contributed by atoms with van der Waals surface area (Å²) in [6, 6.07) is 4.63. The predicted molar refractivity (Wildman–Crippen MR) is 76.8 cm³/mol. The van der Waals surface area contributed by atoms with Crippen LogP contribution in [0.3, 0.4) is 0 Å². The fourth-order valence-corrected chi connectivity index (χ4v) is 3.05. The normalized spacial score (nSPS) is 21.6. The van der Waals surface area contributed by atoms with E-state index in [1.54, 1.807) is 6.07 Å². The van der Waals surface area contributed by atoms with Gasteiger partial charge < -0.3 is 5.73 Å². The molecule has 0 aliphatic heterocycles. The van der Waals surface area contributed by atoms with Gasteiger partial charge in [-0.3, -0.25) is 0 Å². The molecule has 0 amide bonds. The summed E-state index contributed by atoms with van der Waals surface area (Å²) in [5.74, 6) is -0.232. The summed E-state index contributed by atoms with van der Waals surface area (Å²) < 4.78 is 13.8. The number of benzene rings is 1. The quantitative estimate of drug-likeness (QED) is 0.775. The molecule has 0 aromatic heterocycles. The monoisotopic (exact) mass is 311 g/mol. The number of nitrogens with two attached hydrogens (primary N) is 1. The second kappa shape index (κ2) is 6.48. The highest BCUT2D eigenvalue weighted by atomic mass is 79.9. The van der Waals surface area contributed by atoms with E-state index in [2.05, 4.69) is 22.0 Å². The van der Waals surface area contributed by atoms with Gasteiger partial charge in [0.2, 0.25) is 0 Å². The molecule has 18 heavy (non-hydrogen) atoms. The molecule has 0 bridgehead atoms. The summed E-state index contributed by atoms with van der Waals surface area (Å²) in [6.07, 6.45) is 9.51. The van der Waals surface area contributed by atoms with Gasteiger partial charge in [0.05, 0.1) is 6.04 Å². The predicted octanol–water partition coefficient (Wildman–Crippen LogP) is 4.87. The average molecular weight is 312 g/mol. The minimum atomic E-state index is -0.232. The van der Waals surface area contributed by atoms with Gasteiger partial charge in [0.1, 0.15) is 5.82 Å². The minimum absolute atomic E-state index is 0.113. The molecule has 1 unspecified atom stereocenters. The fourth-order valence-electron chi connectivity index (χ4n) is 2.45. The van der Waals surface area contributed by atoms with E-state index in [0.717, 1.165) is 22.9 Å². The Labute approximate surface area is 116 Å². The molecule has 0 fully saturated rings. The van der Waals surface area contributed by atoms with Crippen LogP contribution in [0.5, 0.6) is 0 Å². The van der Waals surface area contributed by atoms with Gasteiger partial charge in [0, 0.05) is 4.47 Å². The Balaban J connectivity index is 2.20. The third-order valence-electron chi connectivity index (χ3n) is 3.52. The van der Waals surface area contributed by atoms with Crippen molar-refractivity contribution in [2.75, 3.05) is 0 Å². The molecule has 2 N–H and O–H groups in total. The third kappa shape index (κ3) is 3.42.